The summed E-state index contributed by atoms with van der Waals surface area (Å²) in [6.07, 6.45) is 6.18. The predicted octanol–water partition coefficient (Wildman–Crippen LogP) is 3.25. The summed E-state index contributed by atoms with van der Waals surface area (Å²) in [5, 5.41) is 0. The van der Waals surface area contributed by atoms with Crippen LogP contribution in [0.4, 0.5) is 0 Å². The number of ether oxygens (including phenoxy) is 1. The molecule has 0 bridgehead atoms. The summed E-state index contributed by atoms with van der Waals surface area (Å²) in [6, 6.07) is 6.90. The summed E-state index contributed by atoms with van der Waals surface area (Å²) in [6.45, 7) is 12.6. The van der Waals surface area contributed by atoms with Crippen molar-refractivity contribution in [3.05, 3.63) is 29.3 Å². The number of aryl methyl sites for hydroxylation is 1. The van der Waals surface area contributed by atoms with Crippen LogP contribution in [0.2, 0.25) is 0 Å². The molecule has 26 heavy (non-hydrogen) atoms. The molecular formula is C22H37N3O. The Balaban J connectivity index is 1.54. The molecule has 2 fully saturated rings. The van der Waals surface area contributed by atoms with Crippen molar-refractivity contribution in [2.75, 3.05) is 59.5 Å². The Morgan fingerprint density at radius 1 is 0.962 bits per heavy atom. The van der Waals surface area contributed by atoms with Crippen LogP contribution in [0.25, 0.3) is 0 Å². The SMILES string of the molecule is CCCOc1ccc(CCCN2CCN(C)CC2)cc1CN1CCCC1. The molecule has 4 nitrogen and oxygen atoms in total. The number of nitrogens with zero attached hydrogens (tertiary/aromatic N) is 3. The number of benzene rings is 1. The van der Waals surface area contributed by atoms with Gasteiger partial charge < -0.3 is 14.5 Å². The molecule has 2 aliphatic heterocycles. The van der Waals surface area contributed by atoms with Gasteiger partial charge in [-0.05, 0) is 70.4 Å². The van der Waals surface area contributed by atoms with Crippen molar-refractivity contribution < 1.29 is 4.74 Å². The minimum atomic E-state index is 0.815. The molecule has 146 valence electrons. The first-order valence-corrected chi connectivity index (χ1v) is 10.6. The van der Waals surface area contributed by atoms with Crippen LogP contribution >= 0.6 is 0 Å². The van der Waals surface area contributed by atoms with Crippen molar-refractivity contribution in [2.24, 2.45) is 0 Å². The van der Waals surface area contributed by atoms with E-state index >= 15 is 0 Å². The second-order valence-electron chi connectivity index (χ2n) is 8.02. The van der Waals surface area contributed by atoms with Gasteiger partial charge in [0.15, 0.2) is 0 Å². The zero-order chi connectivity index (χ0) is 18.2. The Morgan fingerprint density at radius 2 is 1.73 bits per heavy atom. The maximum atomic E-state index is 6.02. The highest BCUT2D eigenvalue weighted by Gasteiger charge is 2.16. The largest absolute Gasteiger partial charge is 0.493 e. The van der Waals surface area contributed by atoms with Gasteiger partial charge in [0.05, 0.1) is 6.61 Å². The van der Waals surface area contributed by atoms with E-state index in [0.29, 0.717) is 0 Å². The van der Waals surface area contributed by atoms with E-state index < -0.39 is 0 Å². The van der Waals surface area contributed by atoms with Gasteiger partial charge in [0.25, 0.3) is 0 Å². The molecule has 2 saturated heterocycles. The second-order valence-corrected chi connectivity index (χ2v) is 8.02. The van der Waals surface area contributed by atoms with Gasteiger partial charge in [-0.1, -0.05) is 19.1 Å². The number of likely N-dealkylation sites (tertiary alicyclic amines) is 1. The minimum Gasteiger partial charge on any atom is -0.493 e. The third-order valence-corrected chi connectivity index (χ3v) is 5.71. The van der Waals surface area contributed by atoms with Gasteiger partial charge in [-0.2, -0.15) is 0 Å². The summed E-state index contributed by atoms with van der Waals surface area (Å²) >= 11 is 0. The van der Waals surface area contributed by atoms with Gasteiger partial charge in [-0.3, -0.25) is 4.90 Å². The van der Waals surface area contributed by atoms with Crippen LogP contribution in [0, 0.1) is 0 Å². The Kier molecular flexibility index (Phi) is 7.78. The molecule has 3 rings (SSSR count). The molecule has 1 aromatic rings. The molecule has 1 aromatic carbocycles. The van der Waals surface area contributed by atoms with Crippen LogP contribution in [0.1, 0.15) is 43.7 Å². The van der Waals surface area contributed by atoms with Gasteiger partial charge in [-0.15, -0.1) is 0 Å². The highest BCUT2D eigenvalue weighted by Crippen LogP contribution is 2.24. The maximum absolute atomic E-state index is 6.02. The number of hydrogen-bond donors (Lipinski definition) is 0. The molecular weight excluding hydrogens is 322 g/mol. The van der Waals surface area contributed by atoms with E-state index in [1.165, 1.54) is 82.6 Å². The summed E-state index contributed by atoms with van der Waals surface area (Å²) in [5.74, 6) is 1.10. The molecule has 2 aliphatic rings. The van der Waals surface area contributed by atoms with Gasteiger partial charge in [-0.25, -0.2) is 0 Å². The molecule has 0 amide bonds. The second kappa shape index (κ2) is 10.3. The van der Waals surface area contributed by atoms with Crippen LogP contribution in [0.5, 0.6) is 5.75 Å². The van der Waals surface area contributed by atoms with Crippen LogP contribution < -0.4 is 4.74 Å². The summed E-state index contributed by atoms with van der Waals surface area (Å²) in [4.78, 5) is 7.61. The molecule has 0 N–H and O–H groups in total. The van der Waals surface area contributed by atoms with E-state index in [2.05, 4.69) is 46.9 Å². The van der Waals surface area contributed by atoms with Crippen LogP contribution in [0.15, 0.2) is 18.2 Å². The fraction of sp³-hybridized carbons (Fsp3) is 0.727. The minimum absolute atomic E-state index is 0.815. The van der Waals surface area contributed by atoms with Gasteiger partial charge >= 0.3 is 0 Å². The zero-order valence-corrected chi connectivity index (χ0v) is 16.9. The molecule has 0 saturated carbocycles. The first-order valence-electron chi connectivity index (χ1n) is 10.6. The maximum Gasteiger partial charge on any atom is 0.123 e. The van der Waals surface area contributed by atoms with Crippen LogP contribution in [-0.2, 0) is 13.0 Å². The fourth-order valence-corrected chi connectivity index (χ4v) is 4.02. The van der Waals surface area contributed by atoms with Gasteiger partial charge in [0.1, 0.15) is 5.75 Å². The van der Waals surface area contributed by atoms with Crippen LogP contribution in [0.3, 0.4) is 0 Å². The average molecular weight is 360 g/mol. The van der Waals surface area contributed by atoms with Crippen LogP contribution in [-0.4, -0.2) is 74.2 Å². The standard InChI is InChI=1S/C22H37N3O/c1-3-17-26-22-9-8-20(18-21(22)19-25-10-4-5-11-25)7-6-12-24-15-13-23(2)14-16-24/h8-9,18H,3-7,10-17,19H2,1-2H3. The van der Waals surface area contributed by atoms with E-state index in [9.17, 15) is 0 Å². The first-order chi connectivity index (χ1) is 12.7. The summed E-state index contributed by atoms with van der Waals surface area (Å²) in [7, 11) is 2.22. The fourth-order valence-electron chi connectivity index (χ4n) is 4.02. The van der Waals surface area contributed by atoms with Gasteiger partial charge in [0, 0.05) is 38.3 Å². The van der Waals surface area contributed by atoms with E-state index in [0.717, 1.165) is 25.3 Å². The van der Waals surface area contributed by atoms with Crippen molar-refractivity contribution in [3.63, 3.8) is 0 Å². The molecule has 0 atom stereocenters. The highest BCUT2D eigenvalue weighted by atomic mass is 16.5. The number of rotatable bonds is 9. The molecule has 0 unspecified atom stereocenters. The Hall–Kier alpha value is -1.10. The van der Waals surface area contributed by atoms with Crippen molar-refractivity contribution in [1.29, 1.82) is 0 Å². The monoisotopic (exact) mass is 359 g/mol. The van der Waals surface area contributed by atoms with Crippen molar-refractivity contribution in [1.82, 2.24) is 14.7 Å². The average Bonchev–Trinajstić information content (AvgIpc) is 3.16. The quantitative estimate of drug-likeness (QED) is 0.674. The molecule has 0 radical (unpaired) electrons. The van der Waals surface area contributed by atoms with Gasteiger partial charge in [0.2, 0.25) is 0 Å². The summed E-state index contributed by atoms with van der Waals surface area (Å²) in [5.41, 5.74) is 2.86. The molecule has 2 heterocycles. The van der Waals surface area contributed by atoms with Crippen molar-refractivity contribution in [3.8, 4) is 5.75 Å². The molecule has 4 heteroatoms. The first kappa shape index (κ1) is 19.7. The Bertz CT molecular complexity index is 534. The lowest BCUT2D eigenvalue weighted by Crippen LogP contribution is -2.44. The molecule has 0 aliphatic carbocycles. The number of likely N-dealkylation sites (N-methyl/N-ethyl adjacent to an activating group) is 1. The molecule has 0 spiro atoms. The van der Waals surface area contributed by atoms with E-state index in [1.807, 2.05) is 0 Å². The lowest BCUT2D eigenvalue weighted by atomic mass is 10.0. The van der Waals surface area contributed by atoms with E-state index in [1.54, 1.807) is 0 Å². The third kappa shape index (κ3) is 5.97. The predicted molar refractivity (Wildman–Crippen MR) is 109 cm³/mol. The van der Waals surface area contributed by atoms with Crippen molar-refractivity contribution in [2.45, 2.75) is 45.6 Å². The van der Waals surface area contributed by atoms with E-state index in [4.69, 9.17) is 4.74 Å². The number of hydrogen-bond acceptors (Lipinski definition) is 4. The zero-order valence-electron chi connectivity index (χ0n) is 16.9. The number of piperazine rings is 1. The smallest absolute Gasteiger partial charge is 0.123 e. The topological polar surface area (TPSA) is 19.0 Å². The normalized spacial score (nSPS) is 19.9. The van der Waals surface area contributed by atoms with E-state index in [-0.39, 0.29) is 0 Å². The Labute approximate surface area is 160 Å². The third-order valence-electron chi connectivity index (χ3n) is 5.71. The lowest BCUT2D eigenvalue weighted by molar-refractivity contribution is 0.153. The molecule has 0 aromatic heterocycles. The Morgan fingerprint density at radius 3 is 2.46 bits per heavy atom. The summed E-state index contributed by atoms with van der Waals surface area (Å²) < 4.78 is 6.02. The lowest BCUT2D eigenvalue weighted by Gasteiger charge is -2.32. The highest BCUT2D eigenvalue weighted by molar-refractivity contribution is 5.37. The van der Waals surface area contributed by atoms with Crippen molar-refractivity contribution >= 4 is 0 Å².